The Morgan fingerprint density at radius 2 is 1.90 bits per heavy atom. The molecular formula is C12H16N2O5S. The van der Waals surface area contributed by atoms with E-state index in [1.165, 1.54) is 45.3 Å². The van der Waals surface area contributed by atoms with Crippen molar-refractivity contribution in [1.29, 1.82) is 0 Å². The number of sulfonamides is 1. The molecule has 0 spiro atoms. The Labute approximate surface area is 117 Å². The second-order valence-corrected chi connectivity index (χ2v) is 6.50. The molecule has 1 aromatic carbocycles. The molecule has 0 saturated heterocycles. The average molecular weight is 300 g/mol. The van der Waals surface area contributed by atoms with Crippen molar-refractivity contribution in [3.63, 3.8) is 0 Å². The summed E-state index contributed by atoms with van der Waals surface area (Å²) in [5.41, 5.74) is 0.0843. The molecule has 1 amide bonds. The highest BCUT2D eigenvalue weighted by atomic mass is 32.2. The zero-order valence-corrected chi connectivity index (χ0v) is 12.1. The van der Waals surface area contributed by atoms with Gasteiger partial charge in [-0.25, -0.2) is 12.7 Å². The lowest BCUT2D eigenvalue weighted by atomic mass is 10.2. The molecule has 0 radical (unpaired) electrons. The van der Waals surface area contributed by atoms with E-state index >= 15 is 0 Å². The van der Waals surface area contributed by atoms with Gasteiger partial charge in [0, 0.05) is 19.7 Å². The first kappa shape index (κ1) is 16.1. The Morgan fingerprint density at radius 1 is 1.30 bits per heavy atom. The van der Waals surface area contributed by atoms with Gasteiger partial charge in [-0.3, -0.25) is 9.59 Å². The van der Waals surface area contributed by atoms with Crippen molar-refractivity contribution in [3.8, 4) is 0 Å². The van der Waals surface area contributed by atoms with E-state index in [1.54, 1.807) is 0 Å². The maximum atomic E-state index is 11.9. The molecule has 8 heteroatoms. The number of amides is 1. The molecule has 0 unspecified atom stereocenters. The zero-order valence-electron chi connectivity index (χ0n) is 11.3. The van der Waals surface area contributed by atoms with Crippen LogP contribution in [0.5, 0.6) is 0 Å². The summed E-state index contributed by atoms with van der Waals surface area (Å²) < 4.78 is 24.9. The fourth-order valence-corrected chi connectivity index (χ4v) is 2.30. The summed E-state index contributed by atoms with van der Waals surface area (Å²) in [6.45, 7) is 1.32. The monoisotopic (exact) mass is 300 g/mol. The van der Waals surface area contributed by atoms with Gasteiger partial charge in [0.25, 0.3) is 5.91 Å². The highest BCUT2D eigenvalue weighted by Crippen LogP contribution is 2.14. The largest absolute Gasteiger partial charge is 0.480 e. The van der Waals surface area contributed by atoms with Crippen molar-refractivity contribution in [2.45, 2.75) is 17.9 Å². The van der Waals surface area contributed by atoms with Crippen LogP contribution in [0, 0.1) is 0 Å². The molecule has 0 aliphatic rings. The Morgan fingerprint density at radius 3 is 2.40 bits per heavy atom. The molecule has 1 atom stereocenters. The lowest BCUT2D eigenvalue weighted by Gasteiger charge is -2.13. The maximum Gasteiger partial charge on any atom is 0.325 e. The molecule has 2 N–H and O–H groups in total. The molecule has 7 nitrogen and oxygen atoms in total. The summed E-state index contributed by atoms with van der Waals surface area (Å²) in [5, 5.41) is 11.0. The lowest BCUT2D eigenvalue weighted by molar-refractivity contribution is -0.138. The van der Waals surface area contributed by atoms with E-state index in [4.69, 9.17) is 5.11 Å². The first-order valence-corrected chi connectivity index (χ1v) is 7.16. The van der Waals surface area contributed by atoms with Gasteiger partial charge >= 0.3 is 5.97 Å². The Bertz CT molecular complexity index is 624. The Hall–Kier alpha value is -1.93. The van der Waals surface area contributed by atoms with Crippen LogP contribution in [-0.2, 0) is 14.8 Å². The molecule has 0 aromatic heterocycles. The van der Waals surface area contributed by atoms with Gasteiger partial charge in [-0.1, -0.05) is 6.07 Å². The van der Waals surface area contributed by atoms with Crippen molar-refractivity contribution in [3.05, 3.63) is 29.8 Å². The predicted molar refractivity (Wildman–Crippen MR) is 71.9 cm³/mol. The molecule has 0 bridgehead atoms. The minimum atomic E-state index is -3.64. The molecule has 0 aliphatic heterocycles. The topological polar surface area (TPSA) is 104 Å². The van der Waals surface area contributed by atoms with Crippen LogP contribution in [0.3, 0.4) is 0 Å². The average Bonchev–Trinajstić information content (AvgIpc) is 2.38. The highest BCUT2D eigenvalue weighted by molar-refractivity contribution is 7.89. The second kappa shape index (κ2) is 6.02. The standard InChI is InChI=1S/C12H16N2O5S/c1-8(12(16)17)13-11(15)9-5-4-6-10(7-9)20(18,19)14(2)3/h4-8H,1-3H3,(H,13,15)(H,16,17)/t8-/m0/s1. The van der Waals surface area contributed by atoms with Crippen LogP contribution in [0.15, 0.2) is 29.2 Å². The van der Waals surface area contributed by atoms with E-state index < -0.39 is 27.9 Å². The van der Waals surface area contributed by atoms with Gasteiger partial charge in [-0.2, -0.15) is 0 Å². The van der Waals surface area contributed by atoms with Crippen molar-refractivity contribution in [2.75, 3.05) is 14.1 Å². The van der Waals surface area contributed by atoms with Gasteiger partial charge < -0.3 is 10.4 Å². The summed E-state index contributed by atoms with van der Waals surface area (Å²) in [4.78, 5) is 22.5. The van der Waals surface area contributed by atoms with Crippen LogP contribution in [0.1, 0.15) is 17.3 Å². The minimum Gasteiger partial charge on any atom is -0.480 e. The summed E-state index contributed by atoms with van der Waals surface area (Å²) in [6.07, 6.45) is 0. The molecule has 20 heavy (non-hydrogen) atoms. The first-order valence-electron chi connectivity index (χ1n) is 5.72. The molecule has 110 valence electrons. The summed E-state index contributed by atoms with van der Waals surface area (Å²) in [6, 6.07) is 4.36. The van der Waals surface area contributed by atoms with Crippen LogP contribution in [0.4, 0.5) is 0 Å². The van der Waals surface area contributed by atoms with Crippen molar-refractivity contribution in [1.82, 2.24) is 9.62 Å². The fourth-order valence-electron chi connectivity index (χ4n) is 1.35. The number of benzene rings is 1. The zero-order chi connectivity index (χ0) is 15.5. The number of carbonyl (C=O) groups is 2. The molecule has 0 heterocycles. The van der Waals surface area contributed by atoms with E-state index in [1.807, 2.05) is 0 Å². The molecule has 0 fully saturated rings. The third-order valence-corrected chi connectivity index (χ3v) is 4.40. The fraction of sp³-hybridized carbons (Fsp3) is 0.333. The van der Waals surface area contributed by atoms with Gasteiger partial charge in [-0.05, 0) is 25.1 Å². The number of hydrogen-bond acceptors (Lipinski definition) is 4. The van der Waals surface area contributed by atoms with Crippen LogP contribution in [0.2, 0.25) is 0 Å². The van der Waals surface area contributed by atoms with E-state index in [2.05, 4.69) is 5.32 Å². The number of hydrogen-bond donors (Lipinski definition) is 2. The van der Waals surface area contributed by atoms with Gasteiger partial charge in [0.05, 0.1) is 4.90 Å². The summed E-state index contributed by atoms with van der Waals surface area (Å²) in [5.74, 6) is -1.81. The van der Waals surface area contributed by atoms with E-state index in [9.17, 15) is 18.0 Å². The third kappa shape index (κ3) is 3.55. The van der Waals surface area contributed by atoms with Crippen LogP contribution in [0.25, 0.3) is 0 Å². The van der Waals surface area contributed by atoms with E-state index in [0.717, 1.165) is 4.31 Å². The molecule has 0 aliphatic carbocycles. The van der Waals surface area contributed by atoms with Crippen molar-refractivity contribution < 1.29 is 23.1 Å². The SMILES string of the molecule is C[C@H](NC(=O)c1cccc(S(=O)(=O)N(C)C)c1)C(=O)O. The minimum absolute atomic E-state index is 0.0295. The van der Waals surface area contributed by atoms with E-state index in [0.29, 0.717) is 0 Å². The van der Waals surface area contributed by atoms with Crippen LogP contribution in [-0.4, -0.2) is 49.8 Å². The number of carboxylic acids is 1. The van der Waals surface area contributed by atoms with Crippen molar-refractivity contribution >= 4 is 21.9 Å². The number of aliphatic carboxylic acids is 1. The number of nitrogens with zero attached hydrogens (tertiary/aromatic N) is 1. The van der Waals surface area contributed by atoms with Gasteiger partial charge in [-0.15, -0.1) is 0 Å². The summed E-state index contributed by atoms with van der Waals surface area (Å²) in [7, 11) is -0.874. The molecular weight excluding hydrogens is 284 g/mol. The highest BCUT2D eigenvalue weighted by Gasteiger charge is 2.20. The summed E-state index contributed by atoms with van der Waals surface area (Å²) >= 11 is 0. The van der Waals surface area contributed by atoms with Crippen molar-refractivity contribution in [2.24, 2.45) is 0 Å². The van der Waals surface area contributed by atoms with Crippen LogP contribution >= 0.6 is 0 Å². The number of nitrogens with one attached hydrogen (secondary N) is 1. The normalized spacial score (nSPS) is 13.0. The van der Waals surface area contributed by atoms with E-state index in [-0.39, 0.29) is 10.5 Å². The van der Waals surface area contributed by atoms with Gasteiger partial charge in [0.2, 0.25) is 10.0 Å². The Kier molecular flexibility index (Phi) is 4.85. The lowest BCUT2D eigenvalue weighted by Crippen LogP contribution is -2.38. The van der Waals surface area contributed by atoms with Gasteiger partial charge in [0.1, 0.15) is 6.04 Å². The number of carboxylic acid groups (broad SMARTS) is 1. The number of rotatable bonds is 5. The number of carbonyl (C=O) groups excluding carboxylic acids is 1. The first-order chi connectivity index (χ1) is 9.16. The quantitative estimate of drug-likeness (QED) is 0.805. The smallest absolute Gasteiger partial charge is 0.325 e. The molecule has 1 rings (SSSR count). The predicted octanol–water partition coefficient (Wildman–Crippen LogP) is 0.140. The third-order valence-electron chi connectivity index (χ3n) is 2.59. The molecule has 0 saturated carbocycles. The Balaban J connectivity index is 3.06. The van der Waals surface area contributed by atoms with Gasteiger partial charge in [0.15, 0.2) is 0 Å². The maximum absolute atomic E-state index is 11.9. The molecule has 1 aromatic rings. The second-order valence-electron chi connectivity index (χ2n) is 4.35. The van der Waals surface area contributed by atoms with Crippen LogP contribution < -0.4 is 5.32 Å².